The Hall–Kier alpha value is -8.68. The van der Waals surface area contributed by atoms with Crippen LogP contribution in [0.15, 0.2) is 84.9 Å². The third-order valence-corrected chi connectivity index (χ3v) is 13.8. The van der Waals surface area contributed by atoms with Gasteiger partial charge in [-0.05, 0) is 95.7 Å². The molecule has 414 valence electrons. The summed E-state index contributed by atoms with van der Waals surface area (Å²) in [5.41, 5.74) is 4.70. The number of likely N-dealkylation sites (N-methyl/N-ethyl adjacent to an activating group) is 1. The number of phenolic OH excluding ortho intramolecular Hbond substituents is 3. The molecule has 5 aromatic carbocycles. The van der Waals surface area contributed by atoms with E-state index in [0.29, 0.717) is 6.42 Å². The Morgan fingerprint density at radius 3 is 1.92 bits per heavy atom. The number of nitrogens with two attached hydrogens (primary N) is 1. The van der Waals surface area contributed by atoms with Crippen LogP contribution < -0.4 is 52.4 Å². The van der Waals surface area contributed by atoms with Gasteiger partial charge >= 0.3 is 5.97 Å². The maximum atomic E-state index is 15.0. The molecule has 9 atom stereocenters. The highest BCUT2D eigenvalue weighted by Crippen LogP contribution is 2.47. The Morgan fingerprint density at radius 2 is 1.34 bits per heavy atom. The number of fused-ring (bicyclic) bond motifs is 15. The number of nitrogens with one attached hydrogen (secondary N) is 8. The number of carbonyl (C=O) groups is 7. The smallest absolute Gasteiger partial charge is 0.330 e. The molecule has 5 aliphatic rings. The Balaban J connectivity index is 1.35. The molecule has 0 spiro atoms. The van der Waals surface area contributed by atoms with Gasteiger partial charge in [-0.3, -0.25) is 34.2 Å². The number of ether oxygens (including phenoxy) is 2. The van der Waals surface area contributed by atoms with E-state index in [-0.39, 0.29) is 66.4 Å². The molecule has 0 radical (unpaired) electrons. The molecular formula is C53H53Cl2N9O15. The van der Waals surface area contributed by atoms with Crippen LogP contribution in [0.5, 0.6) is 40.2 Å². The maximum absolute atomic E-state index is 15.0. The van der Waals surface area contributed by atoms with Crippen molar-refractivity contribution >= 4 is 70.4 Å². The first-order chi connectivity index (χ1) is 37.4. The zero-order valence-electron chi connectivity index (χ0n) is 42.0. The predicted octanol–water partition coefficient (Wildman–Crippen LogP) is 3.14. The Kier molecular flexibility index (Phi) is 16.5. The molecule has 16 N–H and O–H groups in total. The molecule has 0 fully saturated rings. The summed E-state index contributed by atoms with van der Waals surface area (Å²) >= 11 is 13.5. The summed E-state index contributed by atoms with van der Waals surface area (Å²) in [7, 11) is 1.52. The molecule has 10 rings (SSSR count). The van der Waals surface area contributed by atoms with Crippen LogP contribution >= 0.6 is 23.2 Å². The third-order valence-electron chi connectivity index (χ3n) is 13.3. The lowest BCUT2D eigenvalue weighted by atomic mass is 9.90. The average molecular weight is 1130 g/mol. The van der Waals surface area contributed by atoms with Crippen molar-refractivity contribution < 1.29 is 73.7 Å². The van der Waals surface area contributed by atoms with Gasteiger partial charge in [0.05, 0.1) is 22.5 Å². The maximum Gasteiger partial charge on any atom is 0.330 e. The Bertz CT molecular complexity index is 3330. The van der Waals surface area contributed by atoms with Crippen LogP contribution in [0.3, 0.4) is 0 Å². The van der Waals surface area contributed by atoms with Crippen molar-refractivity contribution in [3.63, 3.8) is 0 Å². The number of primary amides is 1. The van der Waals surface area contributed by atoms with Gasteiger partial charge < -0.3 is 83.1 Å². The van der Waals surface area contributed by atoms with Crippen LogP contribution in [-0.4, -0.2) is 109 Å². The number of aliphatic hydroxyl groups is 2. The second-order valence-electron chi connectivity index (χ2n) is 19.3. The number of amides is 6. The molecule has 5 heterocycles. The molecular weight excluding hydrogens is 1070 g/mol. The first-order valence-electron chi connectivity index (χ1n) is 24.3. The molecule has 5 aromatic rings. The number of phenols is 3. The molecule has 0 aromatic heterocycles. The van der Waals surface area contributed by atoms with Crippen molar-refractivity contribution in [1.82, 2.24) is 37.2 Å². The predicted molar refractivity (Wildman–Crippen MR) is 281 cm³/mol. The number of aliphatic hydroxyl groups excluding tert-OH is 2. The Morgan fingerprint density at radius 1 is 0.709 bits per heavy atom. The number of halogens is 2. The molecule has 0 unspecified atom stereocenters. The lowest BCUT2D eigenvalue weighted by Crippen LogP contribution is -2.59. The largest absolute Gasteiger partial charge is 0.508 e. The first kappa shape index (κ1) is 56.5. The van der Waals surface area contributed by atoms with E-state index in [1.165, 1.54) is 61.6 Å². The monoisotopic (exact) mass is 1130 g/mol. The van der Waals surface area contributed by atoms with Crippen molar-refractivity contribution in [2.24, 2.45) is 11.7 Å². The number of hydrogen-bond donors (Lipinski definition) is 15. The molecule has 11 bridgehead atoms. The summed E-state index contributed by atoms with van der Waals surface area (Å²) in [6, 6.07) is 4.53. The third kappa shape index (κ3) is 12.1. The van der Waals surface area contributed by atoms with E-state index in [2.05, 4.69) is 37.2 Å². The highest BCUT2D eigenvalue weighted by atomic mass is 35.5. The van der Waals surface area contributed by atoms with E-state index in [1.54, 1.807) is 0 Å². The Labute approximate surface area is 459 Å². The molecule has 24 nitrogen and oxygen atoms in total. The molecule has 6 amide bonds. The van der Waals surface area contributed by atoms with Gasteiger partial charge in [-0.25, -0.2) is 4.79 Å². The highest BCUT2D eigenvalue weighted by Gasteiger charge is 2.41. The summed E-state index contributed by atoms with van der Waals surface area (Å²) in [5, 5.41) is 95.5. The van der Waals surface area contributed by atoms with Gasteiger partial charge in [-0.15, -0.1) is 0 Å². The summed E-state index contributed by atoms with van der Waals surface area (Å²) < 4.78 is 12.3. The van der Waals surface area contributed by atoms with Crippen LogP contribution in [0.1, 0.15) is 84.8 Å². The fraction of sp³-hybridized carbons (Fsp3) is 0.283. The number of carbonyl (C=O) groups excluding carboxylic acids is 6. The zero-order valence-corrected chi connectivity index (χ0v) is 43.5. The van der Waals surface area contributed by atoms with Crippen molar-refractivity contribution in [1.29, 1.82) is 5.41 Å². The van der Waals surface area contributed by atoms with Gasteiger partial charge in [-0.1, -0.05) is 67.4 Å². The zero-order chi connectivity index (χ0) is 57.3. The number of carboxylic acid groups (broad SMARTS) is 1. The fourth-order valence-corrected chi connectivity index (χ4v) is 9.79. The van der Waals surface area contributed by atoms with Crippen LogP contribution in [0.25, 0.3) is 11.1 Å². The minimum Gasteiger partial charge on any atom is -0.508 e. The number of rotatable bonds is 8. The topological polar surface area (TPSA) is 393 Å². The SMILES string of the molecule is CN[C@H](CC(C)C)C(=O)N[C@H]1C(=O)N[C@@H](CC(N)=O)C(=O)N[C@H]2C(=N)N[C@H]3C(=O)N[C@H](C(=O)N[C@H](C(=O)O)c4cc(O)cc(O)c4-c4cccc3c4)[C@H](O)c3ccc(c(Cl)c3)Oc3cc2cc(c3O)Oc2ccc(cc2Cl)[C@H]1O. The lowest BCUT2D eigenvalue weighted by Gasteiger charge is -2.32. The quantitative estimate of drug-likeness (QED) is 0.106. The lowest BCUT2D eigenvalue weighted by molar-refractivity contribution is -0.143. The van der Waals surface area contributed by atoms with E-state index in [0.717, 1.165) is 30.3 Å². The van der Waals surface area contributed by atoms with Crippen molar-refractivity contribution in [2.45, 2.75) is 81.2 Å². The minimum atomic E-state index is -2.09. The molecule has 0 saturated heterocycles. The van der Waals surface area contributed by atoms with Crippen LogP contribution in [0, 0.1) is 11.3 Å². The molecule has 0 aliphatic carbocycles. The number of benzene rings is 5. The van der Waals surface area contributed by atoms with E-state index in [9.17, 15) is 64.8 Å². The number of aromatic hydroxyl groups is 3. The van der Waals surface area contributed by atoms with E-state index in [1.807, 2.05) is 13.8 Å². The molecule has 79 heavy (non-hydrogen) atoms. The fourth-order valence-electron chi connectivity index (χ4n) is 9.34. The number of hydrogen-bond acceptors (Lipinski definition) is 16. The van der Waals surface area contributed by atoms with E-state index >= 15 is 4.79 Å². The normalized spacial score (nSPS) is 22.6. The summed E-state index contributed by atoms with van der Waals surface area (Å²) in [6.07, 6.45) is -4.57. The van der Waals surface area contributed by atoms with E-state index in [4.69, 9.17) is 38.4 Å². The van der Waals surface area contributed by atoms with Crippen LogP contribution in [0.4, 0.5) is 0 Å². The minimum absolute atomic E-state index is 0.0141. The molecule has 5 aliphatic heterocycles. The number of amidine groups is 1. The number of aliphatic carboxylic acids is 1. The van der Waals surface area contributed by atoms with Gasteiger partial charge in [0, 0.05) is 17.2 Å². The standard InChI is InChI=1S/C53H53Cl2N9O15/c1-20(2)11-30(58-3)48(71)63-42-44(68)23-7-9-33(28(54)13-23)78-35-15-25-16-36(46(35)70)79-34-10-8-24(14-29(34)55)45(69)43-52(75)62-41(53(76)77)27-17-26(65)18-32(66)38(27)21-5-4-6-22(12-21)40(50(73)64-43)60-47(57)39(25)61-49(72)31(19-37(56)67)59-51(42)74/h4-10,12-18,20,30-31,39-45,58,65-66,68-70H,11,19H2,1-3H3,(H2,56,67)(H2,57,60)(H,59,74)(H,61,72)(H,62,75)(H,63,71)(H,64,73)(H,76,77)/t30-,31+,39-,40-,41+,42-,43+,44-,45-/m1/s1. The molecule has 26 heteroatoms. The van der Waals surface area contributed by atoms with Crippen molar-refractivity contribution in [3.05, 3.63) is 123 Å². The van der Waals surface area contributed by atoms with Crippen molar-refractivity contribution in [2.75, 3.05) is 7.05 Å². The van der Waals surface area contributed by atoms with Gasteiger partial charge in [0.2, 0.25) is 41.2 Å². The van der Waals surface area contributed by atoms with E-state index < -0.39 is 137 Å². The van der Waals surface area contributed by atoms with Gasteiger partial charge in [0.1, 0.15) is 71.3 Å². The van der Waals surface area contributed by atoms with Gasteiger partial charge in [0.15, 0.2) is 17.5 Å². The number of carboxylic acids is 1. The molecule has 0 saturated carbocycles. The average Bonchev–Trinajstić information content (AvgIpc) is 3.43. The van der Waals surface area contributed by atoms with Crippen molar-refractivity contribution in [3.8, 4) is 51.4 Å². The van der Waals surface area contributed by atoms with Crippen LogP contribution in [-0.2, 0) is 33.6 Å². The van der Waals surface area contributed by atoms with Gasteiger partial charge in [0.25, 0.3) is 0 Å². The first-order valence-corrected chi connectivity index (χ1v) is 25.1. The summed E-state index contributed by atoms with van der Waals surface area (Å²) in [5.74, 6) is -12.5. The highest BCUT2D eigenvalue weighted by molar-refractivity contribution is 6.32. The van der Waals surface area contributed by atoms with Crippen LogP contribution in [0.2, 0.25) is 10.0 Å². The summed E-state index contributed by atoms with van der Waals surface area (Å²) in [4.78, 5) is 98.3. The second-order valence-corrected chi connectivity index (χ2v) is 20.1. The summed E-state index contributed by atoms with van der Waals surface area (Å²) in [6.45, 7) is 3.71. The second kappa shape index (κ2) is 23.1. The van der Waals surface area contributed by atoms with Gasteiger partial charge in [-0.2, -0.15) is 0 Å².